The summed E-state index contributed by atoms with van der Waals surface area (Å²) in [7, 11) is 0. The fraction of sp³-hybridized carbons (Fsp3) is 0.200. The lowest BCUT2D eigenvalue weighted by Crippen LogP contribution is -2.25. The minimum absolute atomic E-state index is 0.151. The summed E-state index contributed by atoms with van der Waals surface area (Å²) in [6.45, 7) is 1.77. The van der Waals surface area contributed by atoms with Crippen molar-refractivity contribution in [1.82, 2.24) is 0 Å². The third-order valence-corrected chi connectivity index (χ3v) is 2.46. The van der Waals surface area contributed by atoms with Gasteiger partial charge in [0.2, 0.25) is 0 Å². The van der Waals surface area contributed by atoms with Crippen LogP contribution in [0.15, 0.2) is 22.7 Å². The second kappa shape index (κ2) is 5.86. The molecule has 1 aromatic carbocycles. The predicted molar refractivity (Wildman–Crippen MR) is 64.4 cm³/mol. The molecule has 0 saturated heterocycles. The molecule has 0 aliphatic carbocycles. The fourth-order valence-electron chi connectivity index (χ4n) is 0.963. The van der Waals surface area contributed by atoms with Gasteiger partial charge in [0, 0.05) is 4.47 Å². The highest BCUT2D eigenvalue weighted by molar-refractivity contribution is 9.10. The van der Waals surface area contributed by atoms with Crippen molar-refractivity contribution in [2.75, 3.05) is 11.9 Å². The van der Waals surface area contributed by atoms with Crippen LogP contribution < -0.4 is 5.32 Å². The van der Waals surface area contributed by atoms with E-state index in [9.17, 15) is 9.59 Å². The molecule has 0 heterocycles. The highest BCUT2D eigenvalue weighted by Gasteiger charge is 2.16. The van der Waals surface area contributed by atoms with Crippen molar-refractivity contribution in [3.63, 3.8) is 0 Å². The molecule has 86 valence electrons. The number of ether oxygens (including phenoxy) is 1. The molecule has 0 aromatic heterocycles. The Balaban J connectivity index is 2.76. The van der Waals surface area contributed by atoms with Crippen molar-refractivity contribution < 1.29 is 14.3 Å². The summed E-state index contributed by atoms with van der Waals surface area (Å²) in [6, 6.07) is 4.92. The Morgan fingerprint density at radius 3 is 2.81 bits per heavy atom. The Labute approximate surface area is 106 Å². The number of rotatable bonds is 2. The maximum absolute atomic E-state index is 11.3. The summed E-state index contributed by atoms with van der Waals surface area (Å²) in [4.78, 5) is 22.4. The second-order valence-corrected chi connectivity index (χ2v) is 4.12. The van der Waals surface area contributed by atoms with Gasteiger partial charge < -0.3 is 10.1 Å². The highest BCUT2D eigenvalue weighted by atomic mass is 79.9. The number of hydrogen-bond acceptors (Lipinski definition) is 3. The Bertz CT molecular complexity index is 423. The lowest BCUT2D eigenvalue weighted by molar-refractivity contribution is -0.152. The standard InChI is InChI=1S/C10H9BrClNO3/c1-2-16-10(15)9(14)13-8-5-6(11)3-4-7(8)12/h3-5H,2H2,1H3,(H,13,14). The largest absolute Gasteiger partial charge is 0.459 e. The van der Waals surface area contributed by atoms with Crippen LogP contribution in [-0.4, -0.2) is 18.5 Å². The summed E-state index contributed by atoms with van der Waals surface area (Å²) >= 11 is 9.06. The molecular weight excluding hydrogens is 297 g/mol. The van der Waals surface area contributed by atoms with Crippen LogP contribution in [0.5, 0.6) is 0 Å². The summed E-state index contributed by atoms with van der Waals surface area (Å²) in [6.07, 6.45) is 0. The van der Waals surface area contributed by atoms with E-state index in [1.807, 2.05) is 0 Å². The Kier molecular flexibility index (Phi) is 4.76. The molecule has 1 aromatic rings. The third-order valence-electron chi connectivity index (χ3n) is 1.64. The van der Waals surface area contributed by atoms with Crippen LogP contribution in [0, 0.1) is 0 Å². The first-order valence-corrected chi connectivity index (χ1v) is 5.65. The first kappa shape index (κ1) is 13.0. The number of benzene rings is 1. The smallest absolute Gasteiger partial charge is 0.397 e. The van der Waals surface area contributed by atoms with E-state index in [4.69, 9.17) is 11.6 Å². The molecular formula is C10H9BrClNO3. The van der Waals surface area contributed by atoms with Crippen LogP contribution in [0.3, 0.4) is 0 Å². The van der Waals surface area contributed by atoms with E-state index in [2.05, 4.69) is 26.0 Å². The molecule has 1 amide bonds. The molecule has 0 unspecified atom stereocenters. The number of nitrogens with one attached hydrogen (secondary N) is 1. The monoisotopic (exact) mass is 305 g/mol. The topological polar surface area (TPSA) is 55.4 Å². The SMILES string of the molecule is CCOC(=O)C(=O)Nc1cc(Br)ccc1Cl. The van der Waals surface area contributed by atoms with Gasteiger partial charge in [-0.2, -0.15) is 0 Å². The molecule has 6 heteroatoms. The van der Waals surface area contributed by atoms with Gasteiger partial charge in [-0.1, -0.05) is 27.5 Å². The number of anilines is 1. The van der Waals surface area contributed by atoms with Gasteiger partial charge in [0.05, 0.1) is 17.3 Å². The number of esters is 1. The Morgan fingerprint density at radius 2 is 2.19 bits per heavy atom. The van der Waals surface area contributed by atoms with Gasteiger partial charge >= 0.3 is 11.9 Å². The number of hydrogen-bond donors (Lipinski definition) is 1. The molecule has 0 saturated carbocycles. The van der Waals surface area contributed by atoms with Crippen molar-refractivity contribution in [1.29, 1.82) is 0 Å². The highest BCUT2D eigenvalue weighted by Crippen LogP contribution is 2.25. The van der Waals surface area contributed by atoms with Crippen LogP contribution in [0.1, 0.15) is 6.92 Å². The van der Waals surface area contributed by atoms with Gasteiger partial charge in [-0.25, -0.2) is 4.79 Å². The number of halogens is 2. The lowest BCUT2D eigenvalue weighted by atomic mass is 10.3. The van der Waals surface area contributed by atoms with E-state index in [0.717, 1.165) is 4.47 Å². The second-order valence-electron chi connectivity index (χ2n) is 2.80. The van der Waals surface area contributed by atoms with E-state index in [-0.39, 0.29) is 6.61 Å². The normalized spacial score (nSPS) is 9.69. The van der Waals surface area contributed by atoms with Crippen molar-refractivity contribution >= 4 is 45.1 Å². The average molecular weight is 307 g/mol. The summed E-state index contributed by atoms with van der Waals surface area (Å²) < 4.78 is 5.29. The summed E-state index contributed by atoms with van der Waals surface area (Å²) in [5.74, 6) is -1.78. The molecule has 4 nitrogen and oxygen atoms in total. The lowest BCUT2D eigenvalue weighted by Gasteiger charge is -2.06. The Morgan fingerprint density at radius 1 is 1.50 bits per heavy atom. The van der Waals surface area contributed by atoms with E-state index < -0.39 is 11.9 Å². The van der Waals surface area contributed by atoms with Crippen LogP contribution >= 0.6 is 27.5 Å². The number of carbonyl (C=O) groups excluding carboxylic acids is 2. The van der Waals surface area contributed by atoms with E-state index in [0.29, 0.717) is 10.7 Å². The molecule has 0 spiro atoms. The molecule has 0 radical (unpaired) electrons. The van der Waals surface area contributed by atoms with Crippen molar-refractivity contribution in [3.05, 3.63) is 27.7 Å². The zero-order chi connectivity index (χ0) is 12.1. The van der Waals surface area contributed by atoms with Crippen molar-refractivity contribution in [2.45, 2.75) is 6.92 Å². The zero-order valence-electron chi connectivity index (χ0n) is 8.42. The fourth-order valence-corrected chi connectivity index (χ4v) is 1.49. The Hall–Kier alpha value is -1.07. The maximum atomic E-state index is 11.3. The molecule has 0 fully saturated rings. The van der Waals surface area contributed by atoms with Gasteiger partial charge in [0.25, 0.3) is 0 Å². The third kappa shape index (κ3) is 3.50. The molecule has 0 aliphatic heterocycles. The number of carbonyl (C=O) groups is 2. The van der Waals surface area contributed by atoms with Gasteiger partial charge in [0.15, 0.2) is 0 Å². The van der Waals surface area contributed by atoms with Gasteiger partial charge in [-0.15, -0.1) is 0 Å². The van der Waals surface area contributed by atoms with Crippen molar-refractivity contribution in [3.8, 4) is 0 Å². The predicted octanol–water partition coefficient (Wildman–Crippen LogP) is 2.60. The molecule has 0 bridgehead atoms. The molecule has 1 N–H and O–H groups in total. The van der Waals surface area contributed by atoms with E-state index >= 15 is 0 Å². The molecule has 1 rings (SSSR count). The van der Waals surface area contributed by atoms with E-state index in [1.165, 1.54) is 0 Å². The zero-order valence-corrected chi connectivity index (χ0v) is 10.8. The van der Waals surface area contributed by atoms with Crippen LogP contribution in [0.25, 0.3) is 0 Å². The first-order chi connectivity index (χ1) is 7.54. The molecule has 0 atom stereocenters. The average Bonchev–Trinajstić information content (AvgIpc) is 2.23. The van der Waals surface area contributed by atoms with Gasteiger partial charge in [-0.05, 0) is 25.1 Å². The van der Waals surface area contributed by atoms with Crippen molar-refractivity contribution in [2.24, 2.45) is 0 Å². The summed E-state index contributed by atoms with van der Waals surface area (Å²) in [5, 5.41) is 2.71. The first-order valence-electron chi connectivity index (χ1n) is 4.47. The maximum Gasteiger partial charge on any atom is 0.397 e. The van der Waals surface area contributed by atoms with Crippen LogP contribution in [0.2, 0.25) is 5.02 Å². The van der Waals surface area contributed by atoms with Crippen LogP contribution in [0.4, 0.5) is 5.69 Å². The molecule has 16 heavy (non-hydrogen) atoms. The number of amides is 1. The minimum Gasteiger partial charge on any atom is -0.459 e. The van der Waals surface area contributed by atoms with Gasteiger partial charge in [0.1, 0.15) is 0 Å². The minimum atomic E-state index is -0.932. The molecule has 0 aliphatic rings. The van der Waals surface area contributed by atoms with Gasteiger partial charge in [-0.3, -0.25) is 4.79 Å². The quantitative estimate of drug-likeness (QED) is 0.675. The van der Waals surface area contributed by atoms with E-state index in [1.54, 1.807) is 25.1 Å². The summed E-state index contributed by atoms with van der Waals surface area (Å²) in [5.41, 5.74) is 0.356. The van der Waals surface area contributed by atoms with Crippen LogP contribution in [-0.2, 0) is 14.3 Å².